The standard InChI is InChI=1S/C10H16N2O3/c1-10(2,3)15-9(14)12-7-5-8(13)4-6-11/h4-5,7H2,1-3H3,(H,12,14). The predicted molar refractivity (Wildman–Crippen MR) is 54.1 cm³/mol. The lowest BCUT2D eigenvalue weighted by Crippen LogP contribution is -2.33. The van der Waals surface area contributed by atoms with Gasteiger partial charge in [0, 0.05) is 13.0 Å². The Labute approximate surface area is 89.4 Å². The molecule has 0 aliphatic heterocycles. The van der Waals surface area contributed by atoms with Crippen molar-refractivity contribution < 1.29 is 14.3 Å². The van der Waals surface area contributed by atoms with Gasteiger partial charge in [0.15, 0.2) is 0 Å². The summed E-state index contributed by atoms with van der Waals surface area (Å²) in [6.07, 6.45) is -0.504. The van der Waals surface area contributed by atoms with Crippen LogP contribution in [0.15, 0.2) is 0 Å². The molecule has 0 heterocycles. The number of hydrogen-bond donors (Lipinski definition) is 1. The third-order valence-corrected chi connectivity index (χ3v) is 1.35. The maximum absolute atomic E-state index is 11.1. The highest BCUT2D eigenvalue weighted by molar-refractivity contribution is 5.81. The van der Waals surface area contributed by atoms with E-state index in [2.05, 4.69) is 5.32 Å². The highest BCUT2D eigenvalue weighted by atomic mass is 16.6. The molecule has 0 saturated carbocycles. The lowest BCUT2D eigenvalue weighted by atomic mass is 10.2. The monoisotopic (exact) mass is 212 g/mol. The van der Waals surface area contributed by atoms with Gasteiger partial charge in [-0.05, 0) is 20.8 Å². The Morgan fingerprint density at radius 2 is 2.00 bits per heavy atom. The fraction of sp³-hybridized carbons (Fsp3) is 0.700. The minimum Gasteiger partial charge on any atom is -0.444 e. The first kappa shape index (κ1) is 13.4. The molecule has 84 valence electrons. The molecule has 0 aliphatic carbocycles. The van der Waals surface area contributed by atoms with Crippen molar-refractivity contribution in [2.24, 2.45) is 0 Å². The van der Waals surface area contributed by atoms with Gasteiger partial charge in [-0.1, -0.05) is 0 Å². The zero-order chi connectivity index (χ0) is 11.9. The van der Waals surface area contributed by atoms with Gasteiger partial charge in [-0.2, -0.15) is 5.26 Å². The molecule has 5 heteroatoms. The molecular formula is C10H16N2O3. The molecule has 15 heavy (non-hydrogen) atoms. The van der Waals surface area contributed by atoms with Crippen LogP contribution in [0.3, 0.4) is 0 Å². The number of nitrogens with zero attached hydrogens (tertiary/aromatic N) is 1. The quantitative estimate of drug-likeness (QED) is 0.763. The average Bonchev–Trinajstić information content (AvgIpc) is 2.00. The molecule has 0 bridgehead atoms. The fourth-order valence-corrected chi connectivity index (χ4v) is 0.795. The van der Waals surface area contributed by atoms with E-state index >= 15 is 0 Å². The number of nitriles is 1. The number of ether oxygens (including phenoxy) is 1. The second-order valence-corrected chi connectivity index (χ2v) is 4.05. The van der Waals surface area contributed by atoms with Crippen molar-refractivity contribution in [3.8, 4) is 6.07 Å². The Bertz CT molecular complexity index is 273. The molecule has 0 aromatic carbocycles. The first-order valence-corrected chi connectivity index (χ1v) is 4.70. The summed E-state index contributed by atoms with van der Waals surface area (Å²) in [7, 11) is 0. The molecule has 1 N–H and O–H groups in total. The van der Waals surface area contributed by atoms with Gasteiger partial charge in [-0.25, -0.2) is 4.79 Å². The summed E-state index contributed by atoms with van der Waals surface area (Å²) in [5.74, 6) is -0.187. The van der Waals surface area contributed by atoms with Crippen LogP contribution in [-0.2, 0) is 9.53 Å². The Hall–Kier alpha value is -1.57. The van der Waals surface area contributed by atoms with Crippen LogP contribution in [0.5, 0.6) is 0 Å². The van der Waals surface area contributed by atoms with E-state index in [0.717, 1.165) is 0 Å². The summed E-state index contributed by atoms with van der Waals surface area (Å²) in [6, 6.07) is 1.75. The largest absolute Gasteiger partial charge is 0.444 e. The molecule has 0 rings (SSSR count). The summed E-state index contributed by atoms with van der Waals surface area (Å²) >= 11 is 0. The van der Waals surface area contributed by atoms with Crippen LogP contribution in [0.25, 0.3) is 0 Å². The van der Waals surface area contributed by atoms with Crippen molar-refractivity contribution in [3.63, 3.8) is 0 Å². The summed E-state index contributed by atoms with van der Waals surface area (Å²) in [5, 5.41) is 10.7. The van der Waals surface area contributed by atoms with E-state index in [4.69, 9.17) is 10.00 Å². The van der Waals surface area contributed by atoms with Gasteiger partial charge in [0.25, 0.3) is 0 Å². The lowest BCUT2D eigenvalue weighted by molar-refractivity contribution is -0.118. The van der Waals surface area contributed by atoms with E-state index in [9.17, 15) is 9.59 Å². The summed E-state index contributed by atoms with van der Waals surface area (Å²) < 4.78 is 4.95. The first-order valence-electron chi connectivity index (χ1n) is 4.70. The highest BCUT2D eigenvalue weighted by Crippen LogP contribution is 2.06. The molecule has 0 aromatic heterocycles. The molecule has 1 amide bonds. The summed E-state index contributed by atoms with van der Waals surface area (Å²) in [6.45, 7) is 5.48. The van der Waals surface area contributed by atoms with E-state index < -0.39 is 11.7 Å². The van der Waals surface area contributed by atoms with Crippen molar-refractivity contribution in [1.29, 1.82) is 5.26 Å². The van der Waals surface area contributed by atoms with Crippen LogP contribution >= 0.6 is 0 Å². The molecule has 0 radical (unpaired) electrons. The Balaban J connectivity index is 3.66. The van der Waals surface area contributed by atoms with Gasteiger partial charge in [0.1, 0.15) is 11.4 Å². The summed E-state index contributed by atoms with van der Waals surface area (Å²) in [4.78, 5) is 22.0. The van der Waals surface area contributed by atoms with Crippen molar-refractivity contribution in [1.82, 2.24) is 5.32 Å². The molecule has 0 spiro atoms. The molecule has 0 fully saturated rings. The third kappa shape index (κ3) is 8.75. The van der Waals surface area contributed by atoms with E-state index in [1.807, 2.05) is 0 Å². The first-order chi connectivity index (χ1) is 6.85. The minimum absolute atomic E-state index is 0.115. The van der Waals surface area contributed by atoms with E-state index in [1.54, 1.807) is 26.8 Å². The number of Topliss-reactive ketones (excluding diaryl/α,β-unsaturated/α-hetero) is 1. The fourth-order valence-electron chi connectivity index (χ4n) is 0.795. The molecule has 0 saturated heterocycles. The second kappa shape index (κ2) is 6.02. The lowest BCUT2D eigenvalue weighted by Gasteiger charge is -2.19. The number of carbonyl (C=O) groups excluding carboxylic acids is 2. The molecule has 0 atom stereocenters. The van der Waals surface area contributed by atoms with E-state index in [1.165, 1.54) is 0 Å². The Morgan fingerprint density at radius 1 is 1.40 bits per heavy atom. The van der Waals surface area contributed by atoms with Gasteiger partial charge in [-0.15, -0.1) is 0 Å². The SMILES string of the molecule is CC(C)(C)OC(=O)NCCC(=O)CC#N. The topological polar surface area (TPSA) is 79.2 Å². The smallest absolute Gasteiger partial charge is 0.407 e. The molecule has 0 aromatic rings. The van der Waals surface area contributed by atoms with Gasteiger partial charge < -0.3 is 10.1 Å². The normalized spacial score (nSPS) is 10.3. The van der Waals surface area contributed by atoms with Crippen molar-refractivity contribution >= 4 is 11.9 Å². The Kier molecular flexibility index (Phi) is 5.39. The van der Waals surface area contributed by atoms with Crippen LogP contribution in [0.4, 0.5) is 4.79 Å². The minimum atomic E-state index is -0.549. The predicted octanol–water partition coefficient (Wildman–Crippen LogP) is 1.38. The van der Waals surface area contributed by atoms with Crippen LogP contribution in [0.1, 0.15) is 33.6 Å². The van der Waals surface area contributed by atoms with Crippen LogP contribution in [0, 0.1) is 11.3 Å². The van der Waals surface area contributed by atoms with Crippen LogP contribution in [0.2, 0.25) is 0 Å². The summed E-state index contributed by atoms with van der Waals surface area (Å²) in [5.41, 5.74) is -0.541. The number of alkyl carbamates (subject to hydrolysis) is 1. The average molecular weight is 212 g/mol. The number of nitrogens with one attached hydrogen (secondary N) is 1. The second-order valence-electron chi connectivity index (χ2n) is 4.05. The zero-order valence-corrected chi connectivity index (χ0v) is 9.29. The van der Waals surface area contributed by atoms with Gasteiger partial charge in [0.05, 0.1) is 12.5 Å². The molecular weight excluding hydrogens is 196 g/mol. The molecule has 0 aliphatic rings. The number of rotatable bonds is 4. The number of hydrogen-bond acceptors (Lipinski definition) is 4. The van der Waals surface area contributed by atoms with Crippen molar-refractivity contribution in [2.75, 3.05) is 6.54 Å². The van der Waals surface area contributed by atoms with E-state index in [0.29, 0.717) is 0 Å². The van der Waals surface area contributed by atoms with Gasteiger partial charge >= 0.3 is 6.09 Å². The maximum Gasteiger partial charge on any atom is 0.407 e. The van der Waals surface area contributed by atoms with Crippen LogP contribution in [-0.4, -0.2) is 24.0 Å². The van der Waals surface area contributed by atoms with Crippen molar-refractivity contribution in [2.45, 2.75) is 39.2 Å². The van der Waals surface area contributed by atoms with Gasteiger partial charge in [0.2, 0.25) is 0 Å². The van der Waals surface area contributed by atoms with Crippen molar-refractivity contribution in [3.05, 3.63) is 0 Å². The van der Waals surface area contributed by atoms with E-state index in [-0.39, 0.29) is 25.2 Å². The number of amides is 1. The number of ketones is 1. The zero-order valence-electron chi connectivity index (χ0n) is 9.29. The Morgan fingerprint density at radius 3 is 2.47 bits per heavy atom. The number of carbonyl (C=O) groups is 2. The maximum atomic E-state index is 11.1. The van der Waals surface area contributed by atoms with Crippen LogP contribution < -0.4 is 5.32 Å². The highest BCUT2D eigenvalue weighted by Gasteiger charge is 2.15. The molecule has 0 unspecified atom stereocenters. The molecule has 5 nitrogen and oxygen atoms in total. The third-order valence-electron chi connectivity index (χ3n) is 1.35. The van der Waals surface area contributed by atoms with Gasteiger partial charge in [-0.3, -0.25) is 4.79 Å².